The number of rotatable bonds is 3. The standard InChI is InChI=1S/C12H20N4O3/c1-12(2)8-16(6-9(19-12)7-18-4)11(17)10-5-13-14-15(10)3/h5,9H,6-8H2,1-4H3/t9-/m1/s1. The van der Waals surface area contributed by atoms with Gasteiger partial charge in [0.05, 0.1) is 24.5 Å². The molecule has 7 nitrogen and oxygen atoms in total. The van der Waals surface area contributed by atoms with Gasteiger partial charge in [-0.2, -0.15) is 0 Å². The number of carbonyl (C=O) groups is 1. The number of ether oxygens (including phenoxy) is 2. The summed E-state index contributed by atoms with van der Waals surface area (Å²) in [6.45, 7) is 5.46. The number of methoxy groups -OCH3 is 1. The second-order valence-electron chi connectivity index (χ2n) is 5.38. The number of aromatic nitrogens is 3. The quantitative estimate of drug-likeness (QED) is 0.776. The highest BCUT2D eigenvalue weighted by Gasteiger charge is 2.36. The zero-order valence-corrected chi connectivity index (χ0v) is 11.8. The van der Waals surface area contributed by atoms with E-state index in [4.69, 9.17) is 9.47 Å². The number of hydrogen-bond donors (Lipinski definition) is 0. The van der Waals surface area contributed by atoms with Gasteiger partial charge in [-0.05, 0) is 13.8 Å². The van der Waals surface area contributed by atoms with Crippen LogP contribution >= 0.6 is 0 Å². The summed E-state index contributed by atoms with van der Waals surface area (Å²) in [4.78, 5) is 14.2. The summed E-state index contributed by atoms with van der Waals surface area (Å²) in [6, 6.07) is 0. The predicted octanol–water partition coefficient (Wildman–Crippen LogP) is 0.0811. The van der Waals surface area contributed by atoms with Gasteiger partial charge in [-0.1, -0.05) is 5.21 Å². The molecule has 2 heterocycles. The van der Waals surface area contributed by atoms with Crippen molar-refractivity contribution < 1.29 is 14.3 Å². The van der Waals surface area contributed by atoms with Gasteiger partial charge in [0, 0.05) is 27.2 Å². The maximum atomic E-state index is 12.4. The fraction of sp³-hybridized carbons (Fsp3) is 0.750. The Hall–Kier alpha value is -1.47. The van der Waals surface area contributed by atoms with E-state index >= 15 is 0 Å². The van der Waals surface area contributed by atoms with Gasteiger partial charge in [-0.15, -0.1) is 5.10 Å². The molecule has 1 saturated heterocycles. The van der Waals surface area contributed by atoms with Crippen molar-refractivity contribution in [2.75, 3.05) is 26.8 Å². The first-order chi connectivity index (χ1) is 8.93. The minimum absolute atomic E-state index is 0.0787. The maximum absolute atomic E-state index is 12.4. The molecule has 106 valence electrons. The zero-order valence-electron chi connectivity index (χ0n) is 11.8. The van der Waals surface area contributed by atoms with Gasteiger partial charge < -0.3 is 14.4 Å². The first kappa shape index (κ1) is 14.0. The van der Waals surface area contributed by atoms with Gasteiger partial charge in [0.1, 0.15) is 5.69 Å². The van der Waals surface area contributed by atoms with Gasteiger partial charge in [-0.3, -0.25) is 4.79 Å². The normalized spacial score (nSPS) is 22.5. The van der Waals surface area contributed by atoms with Crippen LogP contribution in [0.1, 0.15) is 24.3 Å². The number of nitrogens with zero attached hydrogens (tertiary/aromatic N) is 4. The monoisotopic (exact) mass is 268 g/mol. The molecule has 2 rings (SSSR count). The molecule has 0 N–H and O–H groups in total. The molecular weight excluding hydrogens is 248 g/mol. The van der Waals surface area contributed by atoms with E-state index in [0.29, 0.717) is 25.4 Å². The second kappa shape index (κ2) is 5.26. The zero-order chi connectivity index (χ0) is 14.0. The molecule has 1 aliphatic rings. The molecule has 1 aromatic rings. The van der Waals surface area contributed by atoms with Crippen LogP contribution in [0, 0.1) is 0 Å². The van der Waals surface area contributed by atoms with Gasteiger partial charge in [0.15, 0.2) is 0 Å². The Balaban J connectivity index is 2.15. The minimum atomic E-state index is -0.386. The van der Waals surface area contributed by atoms with Gasteiger partial charge in [0.2, 0.25) is 0 Å². The van der Waals surface area contributed by atoms with E-state index in [0.717, 1.165) is 0 Å². The molecule has 19 heavy (non-hydrogen) atoms. The minimum Gasteiger partial charge on any atom is -0.382 e. The van der Waals surface area contributed by atoms with Gasteiger partial charge >= 0.3 is 0 Å². The van der Waals surface area contributed by atoms with Gasteiger partial charge in [-0.25, -0.2) is 4.68 Å². The topological polar surface area (TPSA) is 69.5 Å². The average Bonchev–Trinajstić information content (AvgIpc) is 2.73. The molecule has 1 atom stereocenters. The van der Waals surface area contributed by atoms with Crippen LogP contribution in [0.2, 0.25) is 0 Å². The first-order valence-corrected chi connectivity index (χ1v) is 6.23. The summed E-state index contributed by atoms with van der Waals surface area (Å²) in [6.07, 6.45) is 1.37. The number of hydrogen-bond acceptors (Lipinski definition) is 5. The van der Waals surface area contributed by atoms with Crippen molar-refractivity contribution in [1.82, 2.24) is 19.9 Å². The molecule has 0 aliphatic carbocycles. The Labute approximate surface area is 112 Å². The third-order valence-corrected chi connectivity index (χ3v) is 3.05. The van der Waals surface area contributed by atoms with E-state index in [2.05, 4.69) is 10.3 Å². The summed E-state index contributed by atoms with van der Waals surface area (Å²) in [7, 11) is 3.33. The lowest BCUT2D eigenvalue weighted by atomic mass is 10.0. The van der Waals surface area contributed by atoms with Crippen LogP contribution in [0.3, 0.4) is 0 Å². The number of morpholine rings is 1. The highest BCUT2D eigenvalue weighted by molar-refractivity contribution is 5.92. The summed E-state index contributed by atoms with van der Waals surface area (Å²) in [5.74, 6) is -0.0787. The van der Waals surface area contributed by atoms with E-state index in [-0.39, 0.29) is 17.6 Å². The predicted molar refractivity (Wildman–Crippen MR) is 67.7 cm³/mol. The third kappa shape index (κ3) is 3.10. The molecule has 0 bridgehead atoms. The van der Waals surface area contributed by atoms with Crippen LogP contribution in [0.4, 0.5) is 0 Å². The Morgan fingerprint density at radius 2 is 2.37 bits per heavy atom. The van der Waals surface area contributed by atoms with E-state index in [1.54, 1.807) is 19.1 Å². The summed E-state index contributed by atoms with van der Waals surface area (Å²) < 4.78 is 12.5. The van der Waals surface area contributed by atoms with Crippen LogP contribution in [0.5, 0.6) is 0 Å². The molecule has 0 saturated carbocycles. The lowest BCUT2D eigenvalue weighted by Gasteiger charge is -2.42. The van der Waals surface area contributed by atoms with Crippen LogP contribution in [-0.4, -0.2) is 64.3 Å². The Bertz CT molecular complexity index is 458. The fourth-order valence-electron chi connectivity index (χ4n) is 2.37. The lowest BCUT2D eigenvalue weighted by Crippen LogP contribution is -2.55. The van der Waals surface area contributed by atoms with Crippen LogP contribution < -0.4 is 0 Å². The average molecular weight is 268 g/mol. The molecule has 0 unspecified atom stereocenters. The molecule has 1 fully saturated rings. The third-order valence-electron chi connectivity index (χ3n) is 3.05. The van der Waals surface area contributed by atoms with Crippen molar-refractivity contribution >= 4 is 5.91 Å². The summed E-state index contributed by atoms with van der Waals surface area (Å²) in [5.41, 5.74) is 0.0946. The van der Waals surface area contributed by atoms with Crippen LogP contribution in [0.25, 0.3) is 0 Å². The largest absolute Gasteiger partial charge is 0.382 e. The van der Waals surface area contributed by atoms with Crippen molar-refractivity contribution in [2.45, 2.75) is 25.6 Å². The molecule has 0 radical (unpaired) electrons. The molecule has 0 spiro atoms. The fourth-order valence-corrected chi connectivity index (χ4v) is 2.37. The van der Waals surface area contributed by atoms with E-state index in [1.807, 2.05) is 13.8 Å². The summed E-state index contributed by atoms with van der Waals surface area (Å²) in [5, 5.41) is 7.53. The van der Waals surface area contributed by atoms with Crippen molar-refractivity contribution in [3.63, 3.8) is 0 Å². The Morgan fingerprint density at radius 3 is 2.95 bits per heavy atom. The second-order valence-corrected chi connectivity index (χ2v) is 5.38. The van der Waals surface area contributed by atoms with Crippen LogP contribution in [0.15, 0.2) is 6.20 Å². The number of aryl methyl sites for hydroxylation is 1. The molecule has 1 aliphatic heterocycles. The molecular formula is C12H20N4O3. The Kier molecular flexibility index (Phi) is 3.86. The SMILES string of the molecule is COC[C@H]1CN(C(=O)c2cnnn2C)CC(C)(C)O1. The van der Waals surface area contributed by atoms with Crippen molar-refractivity contribution in [3.05, 3.63) is 11.9 Å². The number of carbonyl (C=O) groups excluding carboxylic acids is 1. The lowest BCUT2D eigenvalue weighted by molar-refractivity contribution is -0.143. The first-order valence-electron chi connectivity index (χ1n) is 6.23. The van der Waals surface area contributed by atoms with Crippen LogP contribution in [-0.2, 0) is 16.5 Å². The van der Waals surface area contributed by atoms with E-state index in [9.17, 15) is 4.79 Å². The van der Waals surface area contributed by atoms with Crippen molar-refractivity contribution in [3.8, 4) is 0 Å². The molecule has 1 aromatic heterocycles. The highest BCUT2D eigenvalue weighted by atomic mass is 16.5. The van der Waals surface area contributed by atoms with E-state index < -0.39 is 0 Å². The smallest absolute Gasteiger partial charge is 0.273 e. The van der Waals surface area contributed by atoms with Gasteiger partial charge in [0.25, 0.3) is 5.91 Å². The maximum Gasteiger partial charge on any atom is 0.273 e. The molecule has 7 heteroatoms. The van der Waals surface area contributed by atoms with E-state index in [1.165, 1.54) is 10.9 Å². The summed E-state index contributed by atoms with van der Waals surface area (Å²) >= 11 is 0. The highest BCUT2D eigenvalue weighted by Crippen LogP contribution is 2.22. The molecule has 1 amide bonds. The Morgan fingerprint density at radius 1 is 1.63 bits per heavy atom. The molecule has 0 aromatic carbocycles. The van der Waals surface area contributed by atoms with Crippen molar-refractivity contribution in [1.29, 1.82) is 0 Å². The number of amides is 1. The van der Waals surface area contributed by atoms with Crippen molar-refractivity contribution in [2.24, 2.45) is 7.05 Å².